The second-order valence-electron chi connectivity index (χ2n) is 4.19. The SMILES string of the molecule is COc1ccc(CBr)cc1OCc1cc(F)cc(Br)c1. The lowest BCUT2D eigenvalue weighted by atomic mass is 10.2. The van der Waals surface area contributed by atoms with Crippen molar-refractivity contribution in [2.75, 3.05) is 7.11 Å². The van der Waals surface area contributed by atoms with Gasteiger partial charge in [0.05, 0.1) is 7.11 Å². The average molecular weight is 404 g/mol. The Balaban J connectivity index is 2.17. The van der Waals surface area contributed by atoms with E-state index in [0.29, 0.717) is 16.0 Å². The number of rotatable bonds is 5. The van der Waals surface area contributed by atoms with Gasteiger partial charge in [-0.05, 0) is 41.5 Å². The molecule has 106 valence electrons. The summed E-state index contributed by atoms with van der Waals surface area (Å²) >= 11 is 6.66. The summed E-state index contributed by atoms with van der Waals surface area (Å²) in [5, 5.41) is 0.735. The molecule has 0 unspecified atom stereocenters. The van der Waals surface area contributed by atoms with Crippen LogP contribution in [0.4, 0.5) is 4.39 Å². The van der Waals surface area contributed by atoms with Gasteiger partial charge in [0.25, 0.3) is 0 Å². The first kappa shape index (κ1) is 15.3. The normalized spacial score (nSPS) is 10.4. The topological polar surface area (TPSA) is 18.5 Å². The van der Waals surface area contributed by atoms with Crippen molar-refractivity contribution in [1.82, 2.24) is 0 Å². The Morgan fingerprint density at radius 2 is 1.85 bits per heavy atom. The van der Waals surface area contributed by atoms with Crippen LogP contribution in [0.5, 0.6) is 11.5 Å². The lowest BCUT2D eigenvalue weighted by Crippen LogP contribution is -1.99. The first-order valence-corrected chi connectivity index (χ1v) is 7.84. The molecule has 20 heavy (non-hydrogen) atoms. The highest BCUT2D eigenvalue weighted by Gasteiger charge is 2.07. The summed E-state index contributed by atoms with van der Waals surface area (Å²) in [6, 6.07) is 10.4. The molecule has 0 heterocycles. The molecular weight excluding hydrogens is 391 g/mol. The summed E-state index contributed by atoms with van der Waals surface area (Å²) in [5.41, 5.74) is 1.84. The minimum atomic E-state index is -0.292. The fourth-order valence-electron chi connectivity index (χ4n) is 1.77. The summed E-state index contributed by atoms with van der Waals surface area (Å²) in [6.07, 6.45) is 0. The molecule has 0 spiro atoms. The molecule has 5 heteroatoms. The molecule has 0 fully saturated rings. The molecule has 2 aromatic rings. The van der Waals surface area contributed by atoms with Gasteiger partial charge >= 0.3 is 0 Å². The minimum Gasteiger partial charge on any atom is -0.493 e. The van der Waals surface area contributed by atoms with Crippen LogP contribution in [0.3, 0.4) is 0 Å². The molecule has 2 aromatic carbocycles. The van der Waals surface area contributed by atoms with Crippen molar-refractivity contribution < 1.29 is 13.9 Å². The summed E-state index contributed by atoms with van der Waals surface area (Å²) in [5.74, 6) is 1.01. The Labute approximate surface area is 134 Å². The third-order valence-electron chi connectivity index (χ3n) is 2.70. The third kappa shape index (κ3) is 3.96. The van der Waals surface area contributed by atoms with E-state index in [4.69, 9.17) is 9.47 Å². The minimum absolute atomic E-state index is 0.276. The van der Waals surface area contributed by atoms with E-state index in [1.165, 1.54) is 12.1 Å². The van der Waals surface area contributed by atoms with Crippen molar-refractivity contribution >= 4 is 31.9 Å². The van der Waals surface area contributed by atoms with Crippen molar-refractivity contribution in [3.8, 4) is 11.5 Å². The summed E-state index contributed by atoms with van der Waals surface area (Å²) < 4.78 is 25.0. The van der Waals surface area contributed by atoms with Crippen LogP contribution in [0.2, 0.25) is 0 Å². The van der Waals surface area contributed by atoms with Crippen LogP contribution < -0.4 is 9.47 Å². The van der Waals surface area contributed by atoms with Crippen molar-refractivity contribution in [2.45, 2.75) is 11.9 Å². The highest BCUT2D eigenvalue weighted by Crippen LogP contribution is 2.29. The Hall–Kier alpha value is -1.07. The highest BCUT2D eigenvalue weighted by molar-refractivity contribution is 9.10. The van der Waals surface area contributed by atoms with E-state index in [1.54, 1.807) is 7.11 Å². The molecule has 0 amide bonds. The average Bonchev–Trinajstić information content (AvgIpc) is 2.43. The smallest absolute Gasteiger partial charge is 0.161 e. The number of benzene rings is 2. The number of methoxy groups -OCH3 is 1. The second-order valence-corrected chi connectivity index (χ2v) is 5.66. The zero-order valence-corrected chi connectivity index (χ0v) is 14.0. The van der Waals surface area contributed by atoms with Gasteiger partial charge < -0.3 is 9.47 Å². The van der Waals surface area contributed by atoms with E-state index in [0.717, 1.165) is 16.5 Å². The number of hydrogen-bond acceptors (Lipinski definition) is 2. The Morgan fingerprint density at radius 1 is 1.05 bits per heavy atom. The lowest BCUT2D eigenvalue weighted by molar-refractivity contribution is 0.284. The fraction of sp³-hybridized carbons (Fsp3) is 0.200. The molecule has 2 rings (SSSR count). The van der Waals surface area contributed by atoms with Gasteiger partial charge in [-0.2, -0.15) is 0 Å². The zero-order valence-electron chi connectivity index (χ0n) is 10.8. The van der Waals surface area contributed by atoms with Crippen LogP contribution >= 0.6 is 31.9 Å². The van der Waals surface area contributed by atoms with Gasteiger partial charge in [0.1, 0.15) is 12.4 Å². The maximum atomic E-state index is 13.3. The van der Waals surface area contributed by atoms with Crippen molar-refractivity contribution in [3.63, 3.8) is 0 Å². The van der Waals surface area contributed by atoms with Gasteiger partial charge in [-0.1, -0.05) is 37.9 Å². The van der Waals surface area contributed by atoms with Crippen molar-refractivity contribution in [2.24, 2.45) is 0 Å². The van der Waals surface area contributed by atoms with Crippen LogP contribution in [0.15, 0.2) is 40.9 Å². The van der Waals surface area contributed by atoms with Gasteiger partial charge in [-0.25, -0.2) is 4.39 Å². The number of alkyl halides is 1. The van der Waals surface area contributed by atoms with Gasteiger partial charge in [-0.3, -0.25) is 0 Å². The predicted octanol–water partition coefficient (Wildman–Crippen LogP) is 5.07. The van der Waals surface area contributed by atoms with E-state index < -0.39 is 0 Å². The molecule has 0 aliphatic heterocycles. The monoisotopic (exact) mass is 402 g/mol. The number of halogens is 3. The summed E-state index contributed by atoms with van der Waals surface area (Å²) in [4.78, 5) is 0. The van der Waals surface area contributed by atoms with E-state index >= 15 is 0 Å². The van der Waals surface area contributed by atoms with Crippen LogP contribution in [0.25, 0.3) is 0 Å². The fourth-order valence-corrected chi connectivity index (χ4v) is 2.63. The number of hydrogen-bond donors (Lipinski definition) is 0. The maximum absolute atomic E-state index is 13.3. The van der Waals surface area contributed by atoms with E-state index in [2.05, 4.69) is 31.9 Å². The van der Waals surface area contributed by atoms with Crippen molar-refractivity contribution in [3.05, 3.63) is 57.8 Å². The Bertz CT molecular complexity index is 582. The molecule has 0 saturated carbocycles. The van der Waals surface area contributed by atoms with Crippen LogP contribution in [0.1, 0.15) is 11.1 Å². The molecule has 0 radical (unpaired) electrons. The molecule has 0 saturated heterocycles. The predicted molar refractivity (Wildman–Crippen MR) is 84.1 cm³/mol. The highest BCUT2D eigenvalue weighted by atomic mass is 79.9. The number of ether oxygens (including phenoxy) is 2. The molecule has 0 N–H and O–H groups in total. The standard InChI is InChI=1S/C15H13Br2FO2/c1-19-14-3-2-10(8-16)6-15(14)20-9-11-4-12(17)7-13(18)5-11/h2-7H,8-9H2,1H3. The molecule has 0 aliphatic rings. The third-order valence-corrected chi connectivity index (χ3v) is 3.80. The molecule has 0 bridgehead atoms. The van der Waals surface area contributed by atoms with E-state index in [9.17, 15) is 4.39 Å². The second kappa shape index (κ2) is 7.09. The Morgan fingerprint density at radius 3 is 2.50 bits per heavy atom. The molecule has 0 atom stereocenters. The molecular formula is C15H13Br2FO2. The largest absolute Gasteiger partial charge is 0.493 e. The molecule has 2 nitrogen and oxygen atoms in total. The lowest BCUT2D eigenvalue weighted by Gasteiger charge is -2.12. The molecule has 0 aliphatic carbocycles. The van der Waals surface area contributed by atoms with Crippen LogP contribution in [0, 0.1) is 5.82 Å². The van der Waals surface area contributed by atoms with Gasteiger partial charge in [-0.15, -0.1) is 0 Å². The quantitative estimate of drug-likeness (QED) is 0.648. The maximum Gasteiger partial charge on any atom is 0.161 e. The summed E-state index contributed by atoms with van der Waals surface area (Å²) in [7, 11) is 1.59. The first-order valence-electron chi connectivity index (χ1n) is 5.93. The molecule has 0 aromatic heterocycles. The zero-order chi connectivity index (χ0) is 14.5. The van der Waals surface area contributed by atoms with Crippen LogP contribution in [-0.2, 0) is 11.9 Å². The summed E-state index contributed by atoms with van der Waals surface area (Å²) in [6.45, 7) is 0.276. The Kier molecular flexibility index (Phi) is 5.43. The van der Waals surface area contributed by atoms with E-state index in [-0.39, 0.29) is 12.4 Å². The van der Waals surface area contributed by atoms with Gasteiger partial charge in [0, 0.05) is 9.80 Å². The van der Waals surface area contributed by atoms with Crippen molar-refractivity contribution in [1.29, 1.82) is 0 Å². The van der Waals surface area contributed by atoms with Gasteiger partial charge in [0.15, 0.2) is 11.5 Å². The van der Waals surface area contributed by atoms with E-state index in [1.807, 2.05) is 24.3 Å². The van der Waals surface area contributed by atoms with Crippen LogP contribution in [-0.4, -0.2) is 7.11 Å². The first-order chi connectivity index (χ1) is 9.62. The van der Waals surface area contributed by atoms with Gasteiger partial charge in [0.2, 0.25) is 0 Å².